The highest BCUT2D eigenvalue weighted by molar-refractivity contribution is 6.42. The number of phenols is 1. The van der Waals surface area contributed by atoms with Crippen molar-refractivity contribution in [2.75, 3.05) is 19.7 Å². The number of halogens is 2. The van der Waals surface area contributed by atoms with Crippen LogP contribution in [0, 0.1) is 0 Å². The summed E-state index contributed by atoms with van der Waals surface area (Å²) >= 11 is 11.4. The summed E-state index contributed by atoms with van der Waals surface area (Å²) in [6, 6.07) is 36.2. The van der Waals surface area contributed by atoms with Gasteiger partial charge in [-0.2, -0.15) is 0 Å². The van der Waals surface area contributed by atoms with Gasteiger partial charge < -0.3 is 39.9 Å². The van der Waals surface area contributed by atoms with Gasteiger partial charge in [-0.1, -0.05) is 114 Å². The van der Waals surface area contributed by atoms with Crippen LogP contribution in [0.15, 0.2) is 133 Å². The molecule has 0 atom stereocenters. The van der Waals surface area contributed by atoms with E-state index in [1.54, 1.807) is 89.8 Å². The van der Waals surface area contributed by atoms with E-state index in [1.165, 1.54) is 18.2 Å². The van der Waals surface area contributed by atoms with Crippen molar-refractivity contribution in [3.63, 3.8) is 0 Å². The SMILES string of the molecule is CC(C)(C)OC(=O)N1CCC(C(=O)O)(c2ccccc2)CC1.CCOCc1ccc(C(=O)O)cc1.O=C(O)C(=Cc1ccc(O)cc1)c1ccccc1.O=C(O)C=Cc1ccc(Cl)c(Cl)c1. The molecular weight excluding hydrogens is 889 g/mol. The summed E-state index contributed by atoms with van der Waals surface area (Å²) in [5.41, 5.74) is 2.95. The Labute approximate surface area is 393 Å². The van der Waals surface area contributed by atoms with Crippen LogP contribution in [-0.2, 0) is 35.9 Å². The molecule has 5 aromatic carbocycles. The van der Waals surface area contributed by atoms with E-state index >= 15 is 0 Å². The number of nitrogens with zero attached hydrogens (tertiary/aromatic N) is 1. The van der Waals surface area contributed by atoms with Crippen LogP contribution in [0.3, 0.4) is 0 Å². The lowest BCUT2D eigenvalue weighted by Crippen LogP contribution is -2.50. The van der Waals surface area contributed by atoms with Crippen molar-refractivity contribution < 1.29 is 59.0 Å². The smallest absolute Gasteiger partial charge is 0.410 e. The van der Waals surface area contributed by atoms with Crippen LogP contribution in [0.1, 0.15) is 78.7 Å². The van der Waals surface area contributed by atoms with Crippen LogP contribution < -0.4 is 0 Å². The van der Waals surface area contributed by atoms with Crippen molar-refractivity contribution >= 4 is 70.9 Å². The fourth-order valence-electron chi connectivity index (χ4n) is 6.15. The number of rotatable bonds is 11. The molecule has 66 heavy (non-hydrogen) atoms. The summed E-state index contributed by atoms with van der Waals surface area (Å²) in [5.74, 6) is -3.55. The number of benzene rings is 5. The number of likely N-dealkylation sites (tertiary alicyclic amines) is 1. The van der Waals surface area contributed by atoms with Crippen LogP contribution in [0.2, 0.25) is 10.0 Å². The predicted molar refractivity (Wildman–Crippen MR) is 255 cm³/mol. The third-order valence-corrected chi connectivity index (χ3v) is 10.3. The summed E-state index contributed by atoms with van der Waals surface area (Å²) in [6.07, 6.45) is 4.48. The molecule has 0 saturated carbocycles. The van der Waals surface area contributed by atoms with E-state index in [0.29, 0.717) is 65.9 Å². The van der Waals surface area contributed by atoms with Crippen LogP contribution in [-0.4, -0.2) is 85.7 Å². The van der Waals surface area contributed by atoms with E-state index < -0.39 is 34.9 Å². The van der Waals surface area contributed by atoms with Crippen LogP contribution >= 0.6 is 23.2 Å². The molecule has 0 bridgehead atoms. The molecule has 13 nitrogen and oxygen atoms in total. The molecule has 15 heteroatoms. The molecule has 6 rings (SSSR count). The van der Waals surface area contributed by atoms with E-state index in [0.717, 1.165) is 22.8 Å². The molecule has 348 valence electrons. The lowest BCUT2D eigenvalue weighted by atomic mass is 9.73. The Hall–Kier alpha value is -6.93. The molecule has 5 N–H and O–H groups in total. The van der Waals surface area contributed by atoms with E-state index in [1.807, 2.05) is 64.1 Å². The second-order valence-corrected chi connectivity index (χ2v) is 16.3. The Morgan fingerprint density at radius 3 is 1.76 bits per heavy atom. The Bertz CT molecular complexity index is 2420. The molecule has 0 aliphatic carbocycles. The van der Waals surface area contributed by atoms with Gasteiger partial charge in [0.2, 0.25) is 0 Å². The number of carboxylic acid groups (broad SMARTS) is 4. The Balaban J connectivity index is 0.000000240. The van der Waals surface area contributed by atoms with Gasteiger partial charge >= 0.3 is 30.0 Å². The number of piperidine rings is 1. The number of aliphatic carboxylic acids is 3. The molecule has 5 aromatic rings. The lowest BCUT2D eigenvalue weighted by molar-refractivity contribution is -0.146. The fourth-order valence-corrected chi connectivity index (χ4v) is 6.46. The summed E-state index contributed by atoms with van der Waals surface area (Å²) < 4.78 is 10.5. The second kappa shape index (κ2) is 26.1. The standard InChI is InChI=1S/C17H23NO4.C15H12O3.C10H12O3.C9H6Cl2O2/c1-16(2,3)22-15(21)18-11-9-17(10-12-18,14(19)20)13-7-5-4-6-8-13;16-13-8-6-11(7-9-13)10-14(15(17)18)12-4-2-1-3-5-12;1-2-13-7-8-3-5-9(6-4-8)10(11)12;10-7-3-1-6(5-8(7)11)2-4-9(12)13/h4-8H,9-12H2,1-3H3,(H,19,20);1-10,16H,(H,17,18);3-6H,2,7H2,1H3,(H,11,12);1-5H,(H,12,13). The van der Waals surface area contributed by atoms with Crippen LogP contribution in [0.5, 0.6) is 5.75 Å². The minimum absolute atomic E-state index is 0.156. The molecule has 1 fully saturated rings. The van der Waals surface area contributed by atoms with Crippen molar-refractivity contribution in [3.8, 4) is 5.75 Å². The van der Waals surface area contributed by atoms with Crippen LogP contribution in [0.4, 0.5) is 4.79 Å². The summed E-state index contributed by atoms with van der Waals surface area (Å²) in [4.78, 5) is 57.5. The number of aromatic hydroxyl groups is 1. The average Bonchev–Trinajstić information content (AvgIpc) is 3.29. The van der Waals surface area contributed by atoms with Gasteiger partial charge in [0, 0.05) is 25.8 Å². The number of hydrogen-bond donors (Lipinski definition) is 5. The summed E-state index contributed by atoms with van der Waals surface area (Å²) in [7, 11) is 0. The number of carboxylic acids is 4. The number of carbonyl (C=O) groups excluding carboxylic acids is 1. The summed E-state index contributed by atoms with van der Waals surface area (Å²) in [5, 5.41) is 46.0. The fraction of sp³-hybridized carbons (Fsp3) is 0.235. The first-order valence-electron chi connectivity index (χ1n) is 20.6. The maximum Gasteiger partial charge on any atom is 0.410 e. The Kier molecular flexibility index (Phi) is 21.1. The highest BCUT2D eigenvalue weighted by atomic mass is 35.5. The molecule has 1 aliphatic rings. The molecular formula is C51H53Cl2NO12. The molecule has 0 aromatic heterocycles. The molecule has 1 saturated heterocycles. The number of amides is 1. The van der Waals surface area contributed by atoms with Gasteiger partial charge in [0.15, 0.2) is 0 Å². The second-order valence-electron chi connectivity index (χ2n) is 15.5. The zero-order chi connectivity index (χ0) is 48.9. The van der Waals surface area contributed by atoms with Gasteiger partial charge in [0.05, 0.1) is 33.2 Å². The van der Waals surface area contributed by atoms with Crippen molar-refractivity contribution in [3.05, 3.63) is 177 Å². The molecule has 1 heterocycles. The number of carbonyl (C=O) groups is 5. The zero-order valence-electron chi connectivity index (χ0n) is 36.9. The first-order chi connectivity index (χ1) is 31.2. The molecule has 0 spiro atoms. The van der Waals surface area contributed by atoms with E-state index in [2.05, 4.69) is 0 Å². The maximum atomic E-state index is 12.1. The van der Waals surface area contributed by atoms with Gasteiger partial charge in [-0.05, 0) is 117 Å². The van der Waals surface area contributed by atoms with Crippen molar-refractivity contribution in [2.45, 2.75) is 58.2 Å². The third-order valence-electron chi connectivity index (χ3n) is 9.56. The van der Waals surface area contributed by atoms with E-state index in [-0.39, 0.29) is 17.4 Å². The van der Waals surface area contributed by atoms with Gasteiger partial charge in [0.1, 0.15) is 11.4 Å². The monoisotopic (exact) mass is 941 g/mol. The minimum atomic E-state index is -0.994. The van der Waals surface area contributed by atoms with Crippen LogP contribution in [0.25, 0.3) is 17.7 Å². The zero-order valence-corrected chi connectivity index (χ0v) is 38.4. The van der Waals surface area contributed by atoms with Gasteiger partial charge in [-0.15, -0.1) is 0 Å². The Morgan fingerprint density at radius 1 is 0.712 bits per heavy atom. The molecule has 1 amide bonds. The first-order valence-corrected chi connectivity index (χ1v) is 21.3. The molecule has 0 radical (unpaired) electrons. The van der Waals surface area contributed by atoms with Crippen molar-refractivity contribution in [2.24, 2.45) is 0 Å². The first kappa shape index (κ1) is 53.4. The van der Waals surface area contributed by atoms with Gasteiger partial charge in [-0.25, -0.2) is 19.2 Å². The maximum absolute atomic E-state index is 12.1. The third kappa shape index (κ3) is 17.9. The Morgan fingerprint density at radius 2 is 1.27 bits per heavy atom. The van der Waals surface area contributed by atoms with Gasteiger partial charge in [-0.3, -0.25) is 4.79 Å². The van der Waals surface area contributed by atoms with E-state index in [4.69, 9.17) is 42.9 Å². The lowest BCUT2D eigenvalue weighted by Gasteiger charge is -2.39. The highest BCUT2D eigenvalue weighted by Gasteiger charge is 2.44. The van der Waals surface area contributed by atoms with Gasteiger partial charge in [0.25, 0.3) is 0 Å². The number of phenolic OH excluding ortho intramolecular Hbond substituents is 1. The molecule has 0 unspecified atom stereocenters. The number of ether oxygens (including phenoxy) is 2. The molecule has 1 aliphatic heterocycles. The summed E-state index contributed by atoms with van der Waals surface area (Å²) in [6.45, 7) is 9.36. The van der Waals surface area contributed by atoms with Crippen molar-refractivity contribution in [1.29, 1.82) is 0 Å². The predicted octanol–water partition coefficient (Wildman–Crippen LogP) is 11.1. The van der Waals surface area contributed by atoms with E-state index in [9.17, 15) is 39.3 Å². The minimum Gasteiger partial charge on any atom is -0.508 e. The average molecular weight is 943 g/mol. The quantitative estimate of drug-likeness (QED) is 0.0619. The normalized spacial score (nSPS) is 13.1. The largest absolute Gasteiger partial charge is 0.508 e. The topological polar surface area (TPSA) is 208 Å². The highest BCUT2D eigenvalue weighted by Crippen LogP contribution is 2.36. The van der Waals surface area contributed by atoms with Crippen molar-refractivity contribution in [1.82, 2.24) is 4.90 Å². The number of aromatic carboxylic acids is 1. The number of hydrogen-bond acceptors (Lipinski definition) is 8.